The second kappa shape index (κ2) is 4.97. The van der Waals surface area contributed by atoms with Gasteiger partial charge in [-0.3, -0.25) is 0 Å². The van der Waals surface area contributed by atoms with Crippen LogP contribution in [0.2, 0.25) is 0 Å². The number of hydrogen-bond acceptors (Lipinski definition) is 3. The van der Waals surface area contributed by atoms with Crippen LogP contribution >= 0.6 is 0 Å². The maximum Gasteiger partial charge on any atom is 0.111 e. The molecule has 0 unspecified atom stereocenters. The van der Waals surface area contributed by atoms with E-state index in [1.165, 1.54) is 17.2 Å². The molecule has 1 aromatic heterocycles. The number of rotatable bonds is 4. The predicted octanol–water partition coefficient (Wildman–Crippen LogP) is 1.30. The molecule has 0 fully saturated rings. The highest BCUT2D eigenvalue weighted by atomic mass is 16.5. The summed E-state index contributed by atoms with van der Waals surface area (Å²) in [5, 5.41) is 3.37. The molecule has 0 saturated heterocycles. The highest BCUT2D eigenvalue weighted by Gasteiger charge is 2.20. The third kappa shape index (κ3) is 2.13. The molecule has 0 saturated carbocycles. The van der Waals surface area contributed by atoms with Gasteiger partial charge in [0.2, 0.25) is 0 Å². The van der Waals surface area contributed by atoms with Gasteiger partial charge in [0.05, 0.1) is 12.3 Å². The maximum atomic E-state index is 5.18. The van der Waals surface area contributed by atoms with Crippen molar-refractivity contribution in [3.05, 3.63) is 17.2 Å². The van der Waals surface area contributed by atoms with Gasteiger partial charge < -0.3 is 14.6 Å². The molecule has 0 atom stereocenters. The average Bonchev–Trinajstić information content (AvgIpc) is 2.65. The zero-order valence-electron chi connectivity index (χ0n) is 10.4. The lowest BCUT2D eigenvalue weighted by Crippen LogP contribution is -2.25. The number of methoxy groups -OCH3 is 1. The molecule has 4 heteroatoms. The molecule has 2 rings (SSSR count). The van der Waals surface area contributed by atoms with Crippen LogP contribution in [0.3, 0.4) is 0 Å². The van der Waals surface area contributed by atoms with Crippen LogP contribution in [0.5, 0.6) is 0 Å². The summed E-state index contributed by atoms with van der Waals surface area (Å²) in [4.78, 5) is 4.75. The van der Waals surface area contributed by atoms with E-state index < -0.39 is 0 Å². The molecule has 16 heavy (non-hydrogen) atoms. The standard InChI is InChI=1S/C12H21N3O/c1-9(2)12-14-10-8-13-5-4-11(10)15(12)6-7-16-3/h9,13H,4-8H2,1-3H3. The number of nitrogens with zero attached hydrogens (tertiary/aromatic N) is 2. The number of aromatic nitrogens is 2. The van der Waals surface area contributed by atoms with E-state index in [9.17, 15) is 0 Å². The molecule has 0 aromatic carbocycles. The molecular formula is C12H21N3O. The van der Waals surface area contributed by atoms with Crippen molar-refractivity contribution in [3.8, 4) is 0 Å². The Hall–Kier alpha value is -0.870. The highest BCUT2D eigenvalue weighted by molar-refractivity contribution is 5.21. The van der Waals surface area contributed by atoms with Crippen molar-refractivity contribution in [2.24, 2.45) is 0 Å². The molecule has 0 bridgehead atoms. The van der Waals surface area contributed by atoms with Gasteiger partial charge in [0.1, 0.15) is 5.82 Å². The zero-order chi connectivity index (χ0) is 11.5. The Morgan fingerprint density at radius 3 is 3.00 bits per heavy atom. The summed E-state index contributed by atoms with van der Waals surface area (Å²) in [6.45, 7) is 8.05. The van der Waals surface area contributed by atoms with Crippen molar-refractivity contribution in [2.45, 2.75) is 39.3 Å². The van der Waals surface area contributed by atoms with E-state index in [1.807, 2.05) is 0 Å². The normalized spacial score (nSPS) is 15.5. The van der Waals surface area contributed by atoms with Crippen molar-refractivity contribution in [2.75, 3.05) is 20.3 Å². The van der Waals surface area contributed by atoms with Crippen LogP contribution in [0.1, 0.15) is 37.0 Å². The van der Waals surface area contributed by atoms with Crippen molar-refractivity contribution < 1.29 is 4.74 Å². The molecule has 4 nitrogen and oxygen atoms in total. The van der Waals surface area contributed by atoms with Crippen LogP contribution in [0.25, 0.3) is 0 Å². The smallest absolute Gasteiger partial charge is 0.111 e. The van der Waals surface area contributed by atoms with Crippen molar-refractivity contribution in [1.29, 1.82) is 0 Å². The fourth-order valence-electron chi connectivity index (χ4n) is 2.26. The summed E-state index contributed by atoms with van der Waals surface area (Å²) in [7, 11) is 1.75. The average molecular weight is 223 g/mol. The molecule has 0 spiro atoms. The molecule has 0 radical (unpaired) electrons. The molecule has 0 amide bonds. The zero-order valence-corrected chi connectivity index (χ0v) is 10.4. The fraction of sp³-hybridized carbons (Fsp3) is 0.750. The Balaban J connectivity index is 2.32. The minimum absolute atomic E-state index is 0.474. The van der Waals surface area contributed by atoms with E-state index in [0.717, 1.165) is 32.7 Å². The van der Waals surface area contributed by atoms with E-state index in [-0.39, 0.29) is 0 Å². The van der Waals surface area contributed by atoms with Crippen LogP contribution in [0.4, 0.5) is 0 Å². The molecule has 90 valence electrons. The first kappa shape index (κ1) is 11.6. The molecule has 1 aliphatic rings. The number of fused-ring (bicyclic) bond motifs is 1. The monoisotopic (exact) mass is 223 g/mol. The Morgan fingerprint density at radius 1 is 1.50 bits per heavy atom. The largest absolute Gasteiger partial charge is 0.383 e. The van der Waals surface area contributed by atoms with Gasteiger partial charge in [-0.1, -0.05) is 13.8 Å². The first-order valence-corrected chi connectivity index (χ1v) is 6.02. The molecular weight excluding hydrogens is 202 g/mol. The molecule has 2 heterocycles. The Kier molecular flexibility index (Phi) is 3.61. The number of nitrogens with one attached hydrogen (secondary N) is 1. The van der Waals surface area contributed by atoms with Crippen LogP contribution in [-0.4, -0.2) is 29.8 Å². The van der Waals surface area contributed by atoms with E-state index in [1.54, 1.807) is 7.11 Å². The minimum atomic E-state index is 0.474. The topological polar surface area (TPSA) is 39.1 Å². The van der Waals surface area contributed by atoms with Crippen molar-refractivity contribution in [1.82, 2.24) is 14.9 Å². The number of imidazole rings is 1. The second-order valence-electron chi connectivity index (χ2n) is 4.59. The predicted molar refractivity (Wildman–Crippen MR) is 63.6 cm³/mol. The Labute approximate surface area is 97.0 Å². The van der Waals surface area contributed by atoms with E-state index in [2.05, 4.69) is 23.7 Å². The van der Waals surface area contributed by atoms with Crippen LogP contribution in [0.15, 0.2) is 0 Å². The van der Waals surface area contributed by atoms with E-state index in [0.29, 0.717) is 5.92 Å². The van der Waals surface area contributed by atoms with Gasteiger partial charge in [-0.2, -0.15) is 0 Å². The SMILES string of the molecule is COCCn1c(C(C)C)nc2c1CCNC2. The summed E-state index contributed by atoms with van der Waals surface area (Å²) in [5.41, 5.74) is 2.63. The van der Waals surface area contributed by atoms with Crippen molar-refractivity contribution >= 4 is 0 Å². The summed E-state index contributed by atoms with van der Waals surface area (Å²) >= 11 is 0. The lowest BCUT2D eigenvalue weighted by molar-refractivity contribution is 0.185. The molecule has 1 aromatic rings. The van der Waals surface area contributed by atoms with E-state index >= 15 is 0 Å². The minimum Gasteiger partial charge on any atom is -0.383 e. The van der Waals surface area contributed by atoms with Gasteiger partial charge >= 0.3 is 0 Å². The fourth-order valence-corrected chi connectivity index (χ4v) is 2.26. The van der Waals surface area contributed by atoms with Gasteiger partial charge in [-0.05, 0) is 0 Å². The Morgan fingerprint density at radius 2 is 2.31 bits per heavy atom. The van der Waals surface area contributed by atoms with Crippen LogP contribution < -0.4 is 5.32 Å². The van der Waals surface area contributed by atoms with Gasteiger partial charge in [0.15, 0.2) is 0 Å². The second-order valence-corrected chi connectivity index (χ2v) is 4.59. The third-order valence-corrected chi connectivity index (χ3v) is 3.05. The summed E-state index contributed by atoms with van der Waals surface area (Å²) < 4.78 is 7.53. The van der Waals surface area contributed by atoms with Crippen LogP contribution in [-0.2, 0) is 24.2 Å². The van der Waals surface area contributed by atoms with Gasteiger partial charge in [0, 0.05) is 44.8 Å². The van der Waals surface area contributed by atoms with E-state index in [4.69, 9.17) is 9.72 Å². The Bertz CT molecular complexity index is 357. The van der Waals surface area contributed by atoms with Crippen molar-refractivity contribution in [3.63, 3.8) is 0 Å². The summed E-state index contributed by atoms with van der Waals surface area (Å²) in [5.74, 6) is 1.67. The number of hydrogen-bond donors (Lipinski definition) is 1. The molecule has 1 aliphatic heterocycles. The third-order valence-electron chi connectivity index (χ3n) is 3.05. The van der Waals surface area contributed by atoms with Gasteiger partial charge in [0.25, 0.3) is 0 Å². The molecule has 1 N–H and O–H groups in total. The van der Waals surface area contributed by atoms with Gasteiger partial charge in [-0.25, -0.2) is 4.98 Å². The first-order chi connectivity index (χ1) is 7.74. The molecule has 0 aliphatic carbocycles. The summed E-state index contributed by atoms with van der Waals surface area (Å²) in [6.07, 6.45) is 1.08. The number of ether oxygens (including phenoxy) is 1. The first-order valence-electron chi connectivity index (χ1n) is 6.02. The van der Waals surface area contributed by atoms with Gasteiger partial charge in [-0.15, -0.1) is 0 Å². The lowest BCUT2D eigenvalue weighted by atomic mass is 10.2. The maximum absolute atomic E-state index is 5.18. The highest BCUT2D eigenvalue weighted by Crippen LogP contribution is 2.21. The quantitative estimate of drug-likeness (QED) is 0.836. The summed E-state index contributed by atoms with van der Waals surface area (Å²) in [6, 6.07) is 0. The lowest BCUT2D eigenvalue weighted by Gasteiger charge is -2.16. The van der Waals surface area contributed by atoms with Crippen LogP contribution in [0, 0.1) is 0 Å².